The Morgan fingerprint density at radius 3 is 2.30 bits per heavy atom. The normalized spacial score (nSPS) is 12.5. The lowest BCUT2D eigenvalue weighted by Crippen LogP contribution is -2.22. The van der Waals surface area contributed by atoms with Gasteiger partial charge in [-0.15, -0.1) is 0 Å². The minimum atomic E-state index is -3.31. The standard InChI is InChI=1S/C20H22N2O6S2/c1-5-30(24,25)13-8-6-12(7-9-13)18(28-4)19(23)22-20-21-14-10-15(26-2)16(27-3)11-17(14)29-20/h6-11,18H,5H2,1-4H3,(H,21,22,23). The minimum Gasteiger partial charge on any atom is -0.493 e. The first-order valence-corrected chi connectivity index (χ1v) is 11.5. The molecule has 0 bridgehead atoms. The van der Waals surface area contributed by atoms with E-state index in [1.807, 2.05) is 0 Å². The monoisotopic (exact) mass is 450 g/mol. The third kappa shape index (κ3) is 4.40. The van der Waals surface area contributed by atoms with Crippen molar-refractivity contribution in [3.63, 3.8) is 0 Å². The Morgan fingerprint density at radius 2 is 1.73 bits per heavy atom. The number of sulfone groups is 1. The number of anilines is 1. The molecule has 1 heterocycles. The number of hydrogen-bond acceptors (Lipinski definition) is 8. The van der Waals surface area contributed by atoms with Gasteiger partial charge in [-0.1, -0.05) is 30.4 Å². The van der Waals surface area contributed by atoms with Crippen molar-refractivity contribution in [1.29, 1.82) is 0 Å². The molecule has 10 heteroatoms. The Morgan fingerprint density at radius 1 is 1.10 bits per heavy atom. The number of carbonyl (C=O) groups excluding carboxylic acids is 1. The molecule has 0 saturated heterocycles. The molecule has 30 heavy (non-hydrogen) atoms. The zero-order chi connectivity index (χ0) is 21.9. The maximum absolute atomic E-state index is 12.8. The van der Waals surface area contributed by atoms with E-state index in [1.54, 1.807) is 45.4 Å². The largest absolute Gasteiger partial charge is 0.493 e. The minimum absolute atomic E-state index is 0.00766. The van der Waals surface area contributed by atoms with E-state index in [-0.39, 0.29) is 10.6 Å². The predicted octanol–water partition coefficient (Wildman–Crippen LogP) is 3.43. The number of carbonyl (C=O) groups is 1. The van der Waals surface area contributed by atoms with Gasteiger partial charge in [-0.3, -0.25) is 10.1 Å². The molecule has 1 N–H and O–H groups in total. The first-order valence-electron chi connectivity index (χ1n) is 9.01. The van der Waals surface area contributed by atoms with Crippen LogP contribution in [-0.4, -0.2) is 46.4 Å². The maximum Gasteiger partial charge on any atom is 0.259 e. The molecule has 0 radical (unpaired) electrons. The lowest BCUT2D eigenvalue weighted by atomic mass is 10.1. The van der Waals surface area contributed by atoms with Crippen molar-refractivity contribution < 1.29 is 27.4 Å². The van der Waals surface area contributed by atoms with Crippen LogP contribution >= 0.6 is 11.3 Å². The highest BCUT2D eigenvalue weighted by molar-refractivity contribution is 7.91. The van der Waals surface area contributed by atoms with Crippen molar-refractivity contribution >= 4 is 42.4 Å². The van der Waals surface area contributed by atoms with Gasteiger partial charge in [-0.05, 0) is 17.7 Å². The Bertz CT molecular complexity index is 1120. The number of nitrogens with zero attached hydrogens (tertiary/aromatic N) is 1. The van der Waals surface area contributed by atoms with E-state index in [1.165, 1.54) is 30.6 Å². The zero-order valence-electron chi connectivity index (χ0n) is 17.0. The van der Waals surface area contributed by atoms with Gasteiger partial charge in [-0.2, -0.15) is 0 Å². The highest BCUT2D eigenvalue weighted by Gasteiger charge is 2.23. The Kier molecular flexibility index (Phi) is 6.59. The highest BCUT2D eigenvalue weighted by atomic mass is 32.2. The predicted molar refractivity (Wildman–Crippen MR) is 115 cm³/mol. The molecule has 1 aromatic heterocycles. The molecular weight excluding hydrogens is 428 g/mol. The van der Waals surface area contributed by atoms with E-state index >= 15 is 0 Å². The summed E-state index contributed by atoms with van der Waals surface area (Å²) < 4.78 is 40.7. The van der Waals surface area contributed by atoms with Gasteiger partial charge in [-0.25, -0.2) is 13.4 Å². The van der Waals surface area contributed by atoms with E-state index in [9.17, 15) is 13.2 Å². The summed E-state index contributed by atoms with van der Waals surface area (Å²) >= 11 is 1.29. The van der Waals surface area contributed by atoms with Crippen molar-refractivity contribution in [3.8, 4) is 11.5 Å². The summed E-state index contributed by atoms with van der Waals surface area (Å²) in [6.45, 7) is 1.58. The summed E-state index contributed by atoms with van der Waals surface area (Å²) in [7, 11) is 1.19. The fourth-order valence-corrected chi connectivity index (χ4v) is 4.65. The molecule has 0 aliphatic heterocycles. The SMILES string of the molecule is CCS(=O)(=O)c1ccc(C(OC)C(=O)Nc2nc3cc(OC)c(OC)cc3s2)cc1. The molecular formula is C20H22N2O6S2. The van der Waals surface area contributed by atoms with Gasteiger partial charge >= 0.3 is 0 Å². The number of rotatable bonds is 8. The van der Waals surface area contributed by atoms with E-state index in [4.69, 9.17) is 14.2 Å². The van der Waals surface area contributed by atoms with Crippen molar-refractivity contribution in [2.24, 2.45) is 0 Å². The van der Waals surface area contributed by atoms with Gasteiger partial charge in [0.05, 0.1) is 35.1 Å². The van der Waals surface area contributed by atoms with Gasteiger partial charge in [0.15, 0.2) is 32.6 Å². The Hall–Kier alpha value is -2.69. The summed E-state index contributed by atoms with van der Waals surface area (Å²) in [5, 5.41) is 3.16. The topological polar surface area (TPSA) is 104 Å². The van der Waals surface area contributed by atoms with Crippen LogP contribution in [0.2, 0.25) is 0 Å². The summed E-state index contributed by atoms with van der Waals surface area (Å²) in [5.74, 6) is 0.711. The number of fused-ring (bicyclic) bond motifs is 1. The third-order valence-corrected chi connectivity index (χ3v) is 7.20. The third-order valence-electron chi connectivity index (χ3n) is 4.52. The second-order valence-corrected chi connectivity index (χ2v) is 9.58. The van der Waals surface area contributed by atoms with E-state index in [0.29, 0.717) is 27.7 Å². The zero-order valence-corrected chi connectivity index (χ0v) is 18.6. The molecule has 3 rings (SSSR count). The quantitative estimate of drug-likeness (QED) is 0.561. The van der Waals surface area contributed by atoms with Crippen LogP contribution in [0.15, 0.2) is 41.3 Å². The van der Waals surface area contributed by atoms with Crippen LogP contribution in [0.5, 0.6) is 11.5 Å². The van der Waals surface area contributed by atoms with Gasteiger partial charge < -0.3 is 14.2 Å². The summed E-state index contributed by atoms with van der Waals surface area (Å²) in [6.07, 6.45) is -0.917. The summed E-state index contributed by atoms with van der Waals surface area (Å²) in [5.41, 5.74) is 1.20. The van der Waals surface area contributed by atoms with Crippen LogP contribution in [-0.2, 0) is 19.4 Å². The fourth-order valence-electron chi connectivity index (χ4n) is 2.89. The van der Waals surface area contributed by atoms with Crippen LogP contribution in [0.1, 0.15) is 18.6 Å². The number of thiazole rings is 1. The van der Waals surface area contributed by atoms with E-state index in [2.05, 4.69) is 10.3 Å². The first-order chi connectivity index (χ1) is 14.3. The van der Waals surface area contributed by atoms with Gasteiger partial charge in [0.1, 0.15) is 0 Å². The van der Waals surface area contributed by atoms with Crippen LogP contribution in [0.25, 0.3) is 10.2 Å². The number of amides is 1. The molecule has 0 aliphatic rings. The molecule has 1 unspecified atom stereocenters. The lowest BCUT2D eigenvalue weighted by molar-refractivity contribution is -0.126. The average molecular weight is 451 g/mol. The second kappa shape index (κ2) is 8.99. The number of hydrogen-bond donors (Lipinski definition) is 1. The number of benzene rings is 2. The molecule has 8 nitrogen and oxygen atoms in total. The Labute approximate surface area is 178 Å². The molecule has 0 aliphatic carbocycles. The second-order valence-electron chi connectivity index (χ2n) is 6.27. The van der Waals surface area contributed by atoms with Crippen molar-refractivity contribution in [2.75, 3.05) is 32.4 Å². The summed E-state index contributed by atoms with van der Waals surface area (Å²) in [6, 6.07) is 9.63. The van der Waals surface area contributed by atoms with Gasteiger partial charge in [0.2, 0.25) is 0 Å². The smallest absolute Gasteiger partial charge is 0.259 e. The van der Waals surface area contributed by atoms with Crippen LogP contribution in [0.4, 0.5) is 5.13 Å². The summed E-state index contributed by atoms with van der Waals surface area (Å²) in [4.78, 5) is 17.4. The number of aromatic nitrogens is 1. The fraction of sp³-hybridized carbons (Fsp3) is 0.300. The molecule has 3 aromatic rings. The highest BCUT2D eigenvalue weighted by Crippen LogP contribution is 2.36. The first kappa shape index (κ1) is 22.0. The van der Waals surface area contributed by atoms with Crippen LogP contribution in [0, 0.1) is 0 Å². The van der Waals surface area contributed by atoms with Crippen LogP contribution in [0.3, 0.4) is 0 Å². The van der Waals surface area contributed by atoms with Crippen molar-refractivity contribution in [3.05, 3.63) is 42.0 Å². The molecule has 0 spiro atoms. The van der Waals surface area contributed by atoms with Crippen molar-refractivity contribution in [2.45, 2.75) is 17.9 Å². The number of nitrogens with one attached hydrogen (secondary N) is 1. The maximum atomic E-state index is 12.8. The lowest BCUT2D eigenvalue weighted by Gasteiger charge is -2.15. The molecule has 1 amide bonds. The van der Waals surface area contributed by atoms with Gasteiger partial charge in [0, 0.05) is 19.2 Å². The Balaban J connectivity index is 1.83. The molecule has 0 saturated carbocycles. The average Bonchev–Trinajstić information content (AvgIpc) is 3.14. The number of ether oxygens (including phenoxy) is 3. The molecule has 2 aromatic carbocycles. The van der Waals surface area contributed by atoms with E-state index in [0.717, 1.165) is 4.70 Å². The molecule has 0 fully saturated rings. The van der Waals surface area contributed by atoms with Crippen molar-refractivity contribution in [1.82, 2.24) is 4.98 Å². The van der Waals surface area contributed by atoms with E-state index < -0.39 is 21.8 Å². The molecule has 1 atom stereocenters. The van der Waals surface area contributed by atoms with Crippen LogP contribution < -0.4 is 14.8 Å². The van der Waals surface area contributed by atoms with Gasteiger partial charge in [0.25, 0.3) is 5.91 Å². The number of methoxy groups -OCH3 is 3. The molecule has 160 valence electrons.